The zero-order chi connectivity index (χ0) is 20.6. The molecule has 5 nitrogen and oxygen atoms in total. The van der Waals surface area contributed by atoms with Crippen molar-refractivity contribution in [1.29, 1.82) is 0 Å². The van der Waals surface area contributed by atoms with Gasteiger partial charge in [0.15, 0.2) is 5.79 Å². The van der Waals surface area contributed by atoms with E-state index in [1.165, 1.54) is 22.3 Å². The van der Waals surface area contributed by atoms with Gasteiger partial charge in [-0.3, -0.25) is 0 Å². The molecule has 5 heteroatoms. The molecule has 0 radical (unpaired) electrons. The molecule has 1 aliphatic heterocycles. The van der Waals surface area contributed by atoms with Crippen LogP contribution in [-0.2, 0) is 14.2 Å². The Morgan fingerprint density at radius 3 is 2.20 bits per heavy atom. The van der Waals surface area contributed by atoms with Crippen molar-refractivity contribution in [2.75, 3.05) is 19.8 Å². The Morgan fingerprint density at radius 1 is 1.03 bits per heavy atom. The molecule has 1 atom stereocenters. The quantitative estimate of drug-likeness (QED) is 0.787. The molecule has 2 aromatic rings. The molecule has 2 fully saturated rings. The SMILES string of the molecule is CC(NC(=O)OCC1c2ccccc2-c2ccccc21)C1CCC2(CC1)OCCO2. The number of rotatable bonds is 4. The number of benzene rings is 2. The molecule has 1 saturated heterocycles. The van der Waals surface area contributed by atoms with Gasteiger partial charge in [0.1, 0.15) is 6.61 Å². The molecule has 158 valence electrons. The van der Waals surface area contributed by atoms with Gasteiger partial charge in [-0.15, -0.1) is 0 Å². The summed E-state index contributed by atoms with van der Waals surface area (Å²) in [5.41, 5.74) is 4.94. The molecule has 1 spiro atoms. The minimum atomic E-state index is -0.361. The number of fused-ring (bicyclic) bond motifs is 3. The Hall–Kier alpha value is -2.37. The summed E-state index contributed by atoms with van der Waals surface area (Å²) in [6, 6.07) is 16.8. The van der Waals surface area contributed by atoms with Gasteiger partial charge in [-0.05, 0) is 47.9 Å². The molecular formula is C25H29NO4. The number of amides is 1. The fourth-order valence-electron chi connectivity index (χ4n) is 5.31. The van der Waals surface area contributed by atoms with Crippen LogP contribution in [0.15, 0.2) is 48.5 Å². The molecule has 3 aliphatic rings. The van der Waals surface area contributed by atoms with Crippen molar-refractivity contribution in [3.8, 4) is 11.1 Å². The predicted octanol–water partition coefficient (Wildman–Crippen LogP) is 4.85. The Labute approximate surface area is 177 Å². The highest BCUT2D eigenvalue weighted by molar-refractivity contribution is 5.79. The maximum Gasteiger partial charge on any atom is 0.407 e. The maximum absolute atomic E-state index is 12.5. The van der Waals surface area contributed by atoms with Crippen LogP contribution in [0.25, 0.3) is 11.1 Å². The van der Waals surface area contributed by atoms with Crippen LogP contribution in [0.5, 0.6) is 0 Å². The van der Waals surface area contributed by atoms with Crippen molar-refractivity contribution in [1.82, 2.24) is 5.32 Å². The van der Waals surface area contributed by atoms with Gasteiger partial charge in [0.2, 0.25) is 0 Å². The predicted molar refractivity (Wildman–Crippen MR) is 114 cm³/mol. The third kappa shape index (κ3) is 3.61. The summed E-state index contributed by atoms with van der Waals surface area (Å²) in [5.74, 6) is 0.147. The average Bonchev–Trinajstić information content (AvgIpc) is 3.35. The first-order valence-corrected chi connectivity index (χ1v) is 11.0. The third-order valence-corrected chi connectivity index (χ3v) is 7.00. The molecule has 1 amide bonds. The van der Waals surface area contributed by atoms with E-state index in [2.05, 4.69) is 48.6 Å². The molecule has 2 aromatic carbocycles. The first-order valence-electron chi connectivity index (χ1n) is 11.0. The van der Waals surface area contributed by atoms with Gasteiger partial charge >= 0.3 is 6.09 Å². The van der Waals surface area contributed by atoms with Crippen LogP contribution in [0.2, 0.25) is 0 Å². The van der Waals surface area contributed by atoms with Crippen LogP contribution in [0, 0.1) is 5.92 Å². The average molecular weight is 408 g/mol. The van der Waals surface area contributed by atoms with Crippen molar-refractivity contribution in [3.05, 3.63) is 59.7 Å². The van der Waals surface area contributed by atoms with E-state index in [4.69, 9.17) is 14.2 Å². The van der Waals surface area contributed by atoms with E-state index in [-0.39, 0.29) is 23.8 Å². The smallest absolute Gasteiger partial charge is 0.407 e. The summed E-state index contributed by atoms with van der Waals surface area (Å²) in [6.07, 6.45) is 3.44. The molecule has 0 aromatic heterocycles. The molecular weight excluding hydrogens is 378 g/mol. The number of hydrogen-bond donors (Lipinski definition) is 1. The zero-order valence-electron chi connectivity index (χ0n) is 17.4. The zero-order valence-corrected chi connectivity index (χ0v) is 17.4. The molecule has 30 heavy (non-hydrogen) atoms. The first kappa shape index (κ1) is 19.6. The van der Waals surface area contributed by atoms with E-state index >= 15 is 0 Å². The highest BCUT2D eigenvalue weighted by atomic mass is 16.7. The van der Waals surface area contributed by atoms with Gasteiger partial charge < -0.3 is 19.5 Å². The standard InChI is InChI=1S/C25H29NO4/c1-17(18-10-12-25(13-11-18)29-14-15-30-25)26-24(27)28-16-23-21-8-4-2-6-19(21)20-7-3-5-9-22(20)23/h2-9,17-18,23H,10-16H2,1H3,(H,26,27). The Morgan fingerprint density at radius 2 is 1.60 bits per heavy atom. The maximum atomic E-state index is 12.5. The molecule has 1 heterocycles. The second kappa shape index (κ2) is 8.05. The van der Waals surface area contributed by atoms with Gasteiger partial charge in [0, 0.05) is 24.8 Å². The lowest BCUT2D eigenvalue weighted by molar-refractivity contribution is -0.183. The minimum Gasteiger partial charge on any atom is -0.449 e. The number of hydrogen-bond acceptors (Lipinski definition) is 4. The van der Waals surface area contributed by atoms with E-state index in [0.29, 0.717) is 25.7 Å². The second-order valence-electron chi connectivity index (χ2n) is 8.70. The van der Waals surface area contributed by atoms with E-state index in [1.54, 1.807) is 0 Å². The van der Waals surface area contributed by atoms with Crippen LogP contribution in [0.3, 0.4) is 0 Å². The highest BCUT2D eigenvalue weighted by Crippen LogP contribution is 2.44. The van der Waals surface area contributed by atoms with Gasteiger partial charge in [-0.25, -0.2) is 4.79 Å². The van der Waals surface area contributed by atoms with Gasteiger partial charge in [0.05, 0.1) is 13.2 Å². The molecule has 1 saturated carbocycles. The summed E-state index contributed by atoms with van der Waals surface area (Å²) in [6.45, 7) is 3.80. The van der Waals surface area contributed by atoms with Crippen LogP contribution in [0.4, 0.5) is 4.79 Å². The Balaban J connectivity index is 1.17. The van der Waals surface area contributed by atoms with Crippen molar-refractivity contribution in [3.63, 3.8) is 0 Å². The Kier molecular flexibility index (Phi) is 5.25. The third-order valence-electron chi connectivity index (χ3n) is 7.00. The summed E-state index contributed by atoms with van der Waals surface area (Å²) >= 11 is 0. The van der Waals surface area contributed by atoms with Crippen LogP contribution < -0.4 is 5.32 Å². The van der Waals surface area contributed by atoms with Gasteiger partial charge in [0.25, 0.3) is 0 Å². The normalized spacial score (nSPS) is 21.2. The lowest BCUT2D eigenvalue weighted by atomic mass is 9.81. The first-order chi connectivity index (χ1) is 14.7. The number of alkyl carbamates (subject to hydrolysis) is 1. The summed E-state index contributed by atoms with van der Waals surface area (Å²) in [5, 5.41) is 3.06. The fraction of sp³-hybridized carbons (Fsp3) is 0.480. The lowest BCUT2D eigenvalue weighted by Crippen LogP contribution is -2.43. The molecule has 1 N–H and O–H groups in total. The van der Waals surface area contributed by atoms with Crippen LogP contribution in [0.1, 0.15) is 49.7 Å². The van der Waals surface area contributed by atoms with E-state index in [9.17, 15) is 4.79 Å². The van der Waals surface area contributed by atoms with E-state index in [1.807, 2.05) is 12.1 Å². The number of carbonyl (C=O) groups excluding carboxylic acids is 1. The van der Waals surface area contributed by atoms with Crippen LogP contribution in [-0.4, -0.2) is 37.7 Å². The monoisotopic (exact) mass is 407 g/mol. The second-order valence-corrected chi connectivity index (χ2v) is 8.70. The molecule has 0 bridgehead atoms. The minimum absolute atomic E-state index is 0.0689. The summed E-state index contributed by atoms with van der Waals surface area (Å²) in [7, 11) is 0. The summed E-state index contributed by atoms with van der Waals surface area (Å²) in [4.78, 5) is 12.5. The molecule has 2 aliphatic carbocycles. The Bertz CT molecular complexity index is 865. The largest absolute Gasteiger partial charge is 0.449 e. The van der Waals surface area contributed by atoms with Crippen molar-refractivity contribution < 1.29 is 19.0 Å². The molecule has 1 unspecified atom stereocenters. The van der Waals surface area contributed by atoms with Crippen LogP contribution >= 0.6 is 0 Å². The topological polar surface area (TPSA) is 56.8 Å². The van der Waals surface area contributed by atoms with Crippen molar-refractivity contribution in [2.45, 2.75) is 50.4 Å². The number of nitrogens with one attached hydrogen (secondary N) is 1. The fourth-order valence-corrected chi connectivity index (χ4v) is 5.31. The number of ether oxygens (including phenoxy) is 3. The van der Waals surface area contributed by atoms with Gasteiger partial charge in [-0.2, -0.15) is 0 Å². The lowest BCUT2D eigenvalue weighted by Gasteiger charge is -2.37. The van der Waals surface area contributed by atoms with E-state index < -0.39 is 0 Å². The summed E-state index contributed by atoms with van der Waals surface area (Å²) < 4.78 is 17.3. The van der Waals surface area contributed by atoms with Gasteiger partial charge in [-0.1, -0.05) is 48.5 Å². The number of carbonyl (C=O) groups is 1. The molecule has 5 rings (SSSR count). The van der Waals surface area contributed by atoms with Crippen molar-refractivity contribution in [2.24, 2.45) is 5.92 Å². The van der Waals surface area contributed by atoms with E-state index in [0.717, 1.165) is 25.7 Å². The highest BCUT2D eigenvalue weighted by Gasteiger charge is 2.41. The van der Waals surface area contributed by atoms with Crippen molar-refractivity contribution >= 4 is 6.09 Å².